The van der Waals surface area contributed by atoms with Crippen molar-refractivity contribution in [3.63, 3.8) is 0 Å². The third kappa shape index (κ3) is 3.01. The summed E-state index contributed by atoms with van der Waals surface area (Å²) in [4.78, 5) is 23.0. The lowest BCUT2D eigenvalue weighted by Crippen LogP contribution is -2.32. The fourth-order valence-corrected chi connectivity index (χ4v) is 2.69. The number of fused-ring (bicyclic) bond motifs is 1. The van der Waals surface area contributed by atoms with E-state index < -0.39 is 4.92 Å². The van der Waals surface area contributed by atoms with Gasteiger partial charge in [0, 0.05) is 6.07 Å². The Labute approximate surface area is 133 Å². The van der Waals surface area contributed by atoms with Crippen molar-refractivity contribution < 1.29 is 14.5 Å². The minimum absolute atomic E-state index is 0.00644. The summed E-state index contributed by atoms with van der Waals surface area (Å²) in [6.45, 7) is 1.93. The maximum absolute atomic E-state index is 12.4. The predicted molar refractivity (Wildman–Crippen MR) is 85.6 cm³/mol. The Morgan fingerprint density at radius 1 is 1.26 bits per heavy atom. The molecule has 1 amide bonds. The first-order chi connectivity index (χ1) is 11.1. The number of nitro benzene ring substituents is 1. The van der Waals surface area contributed by atoms with Gasteiger partial charge in [0.1, 0.15) is 12.4 Å². The lowest BCUT2D eigenvalue weighted by atomic mass is 9.96. The average molecular weight is 312 g/mol. The number of nitrogens with zero attached hydrogens (tertiary/aromatic N) is 1. The van der Waals surface area contributed by atoms with Crippen molar-refractivity contribution in [1.82, 2.24) is 0 Å². The molecule has 1 N–H and O–H groups in total. The summed E-state index contributed by atoms with van der Waals surface area (Å²) in [7, 11) is 0. The second kappa shape index (κ2) is 6.08. The van der Waals surface area contributed by atoms with Crippen LogP contribution in [0.15, 0.2) is 42.5 Å². The second-order valence-corrected chi connectivity index (χ2v) is 5.52. The molecule has 1 aliphatic rings. The first-order valence-electron chi connectivity index (χ1n) is 7.32. The highest BCUT2D eigenvalue weighted by Gasteiger charge is 2.26. The van der Waals surface area contributed by atoms with Gasteiger partial charge < -0.3 is 10.1 Å². The molecule has 2 aromatic rings. The van der Waals surface area contributed by atoms with E-state index >= 15 is 0 Å². The van der Waals surface area contributed by atoms with Gasteiger partial charge in [-0.2, -0.15) is 0 Å². The Hall–Kier alpha value is -2.89. The highest BCUT2D eigenvalue weighted by molar-refractivity contribution is 5.94. The smallest absolute Gasteiger partial charge is 0.274 e. The molecule has 3 rings (SSSR count). The molecule has 0 spiro atoms. The summed E-state index contributed by atoms with van der Waals surface area (Å²) in [6, 6.07) is 12.3. The molecule has 1 heterocycles. The predicted octanol–water partition coefficient (Wildman–Crippen LogP) is 3.09. The van der Waals surface area contributed by atoms with Crippen LogP contribution in [0.1, 0.15) is 11.1 Å². The molecule has 0 saturated heterocycles. The number of benzene rings is 2. The van der Waals surface area contributed by atoms with Crippen molar-refractivity contribution in [2.75, 3.05) is 11.9 Å². The number of ether oxygens (including phenoxy) is 1. The number of hydrogen-bond donors (Lipinski definition) is 1. The van der Waals surface area contributed by atoms with Crippen LogP contribution in [0.4, 0.5) is 11.4 Å². The molecule has 0 fully saturated rings. The van der Waals surface area contributed by atoms with E-state index in [0.717, 1.165) is 11.3 Å². The number of hydrogen-bond acceptors (Lipinski definition) is 4. The van der Waals surface area contributed by atoms with Gasteiger partial charge in [-0.3, -0.25) is 14.9 Å². The van der Waals surface area contributed by atoms with Gasteiger partial charge >= 0.3 is 0 Å². The van der Waals surface area contributed by atoms with Crippen LogP contribution in [-0.4, -0.2) is 17.4 Å². The van der Waals surface area contributed by atoms with Gasteiger partial charge in [-0.15, -0.1) is 0 Å². The van der Waals surface area contributed by atoms with Gasteiger partial charge in [0.25, 0.3) is 5.69 Å². The lowest BCUT2D eigenvalue weighted by molar-refractivity contribution is -0.385. The van der Waals surface area contributed by atoms with Crippen LogP contribution in [0.25, 0.3) is 0 Å². The fourth-order valence-electron chi connectivity index (χ4n) is 2.69. The van der Waals surface area contributed by atoms with E-state index in [-0.39, 0.29) is 17.5 Å². The van der Waals surface area contributed by atoms with Gasteiger partial charge in [-0.25, -0.2) is 0 Å². The lowest BCUT2D eigenvalue weighted by Gasteiger charge is -2.24. The summed E-state index contributed by atoms with van der Waals surface area (Å²) in [5.74, 6) is 0.301. The summed E-state index contributed by atoms with van der Waals surface area (Å²) in [5.41, 5.74) is 1.90. The van der Waals surface area contributed by atoms with E-state index in [1.54, 1.807) is 19.1 Å². The Kier molecular flexibility index (Phi) is 3.97. The third-order valence-corrected chi connectivity index (χ3v) is 4.01. The SMILES string of the molecule is Cc1c(NC(=O)C2COc3ccccc3C2)cccc1[N+](=O)[O-]. The maximum atomic E-state index is 12.4. The van der Waals surface area contributed by atoms with Crippen LogP contribution in [0, 0.1) is 23.0 Å². The first-order valence-corrected chi connectivity index (χ1v) is 7.32. The minimum atomic E-state index is -0.453. The molecule has 6 nitrogen and oxygen atoms in total. The summed E-state index contributed by atoms with van der Waals surface area (Å²) < 4.78 is 5.62. The maximum Gasteiger partial charge on any atom is 0.274 e. The molecule has 1 unspecified atom stereocenters. The summed E-state index contributed by atoms with van der Waals surface area (Å²) in [6.07, 6.45) is 0.593. The zero-order valence-corrected chi connectivity index (χ0v) is 12.6. The topological polar surface area (TPSA) is 81.5 Å². The van der Waals surface area contributed by atoms with E-state index in [1.165, 1.54) is 6.07 Å². The number of para-hydroxylation sites is 1. The van der Waals surface area contributed by atoms with E-state index in [2.05, 4.69) is 5.32 Å². The quantitative estimate of drug-likeness (QED) is 0.697. The molecule has 6 heteroatoms. The van der Waals surface area contributed by atoms with Crippen molar-refractivity contribution in [1.29, 1.82) is 0 Å². The van der Waals surface area contributed by atoms with Crippen molar-refractivity contribution in [2.24, 2.45) is 5.92 Å². The van der Waals surface area contributed by atoms with Gasteiger partial charge in [0.05, 0.1) is 22.1 Å². The average Bonchev–Trinajstić information content (AvgIpc) is 2.56. The van der Waals surface area contributed by atoms with Crippen LogP contribution in [0.2, 0.25) is 0 Å². The van der Waals surface area contributed by atoms with Crippen LogP contribution in [-0.2, 0) is 11.2 Å². The standard InChI is InChI=1S/C17H16N2O4/c1-11-14(6-4-7-15(11)19(21)22)18-17(20)13-9-12-5-2-3-8-16(12)23-10-13/h2-8,13H,9-10H2,1H3,(H,18,20). The van der Waals surface area contributed by atoms with E-state index in [9.17, 15) is 14.9 Å². The molecule has 1 atom stereocenters. The molecule has 1 aliphatic heterocycles. The van der Waals surface area contributed by atoms with Crippen LogP contribution < -0.4 is 10.1 Å². The molecule has 0 saturated carbocycles. The van der Waals surface area contributed by atoms with Crippen molar-refractivity contribution in [2.45, 2.75) is 13.3 Å². The second-order valence-electron chi connectivity index (χ2n) is 5.52. The van der Waals surface area contributed by atoms with Gasteiger partial charge in [0.2, 0.25) is 5.91 Å². The summed E-state index contributed by atoms with van der Waals surface area (Å²) in [5, 5.41) is 13.8. The molecule has 23 heavy (non-hydrogen) atoms. The Morgan fingerprint density at radius 3 is 2.83 bits per heavy atom. The van der Waals surface area contributed by atoms with Crippen LogP contribution in [0.3, 0.4) is 0 Å². The normalized spacial score (nSPS) is 16.1. The highest BCUT2D eigenvalue weighted by atomic mass is 16.6. The number of carbonyl (C=O) groups excluding carboxylic acids is 1. The minimum Gasteiger partial charge on any atom is -0.492 e. The zero-order chi connectivity index (χ0) is 16.4. The number of amides is 1. The number of nitrogens with one attached hydrogen (secondary N) is 1. The third-order valence-electron chi connectivity index (χ3n) is 4.01. The zero-order valence-electron chi connectivity index (χ0n) is 12.6. The number of nitro groups is 1. The van der Waals surface area contributed by atoms with Crippen LogP contribution in [0.5, 0.6) is 5.75 Å². The summed E-state index contributed by atoms with van der Waals surface area (Å²) >= 11 is 0. The van der Waals surface area contributed by atoms with Gasteiger partial charge in [-0.1, -0.05) is 24.3 Å². The number of carbonyl (C=O) groups is 1. The van der Waals surface area contributed by atoms with Gasteiger partial charge in [0.15, 0.2) is 0 Å². The first kappa shape index (κ1) is 15.0. The molecular formula is C17H16N2O4. The Morgan fingerprint density at radius 2 is 2.04 bits per heavy atom. The van der Waals surface area contributed by atoms with Crippen molar-refractivity contribution >= 4 is 17.3 Å². The van der Waals surface area contributed by atoms with E-state index in [0.29, 0.717) is 24.3 Å². The van der Waals surface area contributed by atoms with Crippen molar-refractivity contribution in [3.8, 4) is 5.75 Å². The van der Waals surface area contributed by atoms with E-state index in [1.807, 2.05) is 24.3 Å². The van der Waals surface area contributed by atoms with Crippen molar-refractivity contribution in [3.05, 3.63) is 63.7 Å². The fraction of sp³-hybridized carbons (Fsp3) is 0.235. The monoisotopic (exact) mass is 312 g/mol. The molecule has 118 valence electrons. The van der Waals surface area contributed by atoms with Crippen LogP contribution >= 0.6 is 0 Å². The highest BCUT2D eigenvalue weighted by Crippen LogP contribution is 2.29. The molecule has 0 aromatic heterocycles. The molecule has 0 radical (unpaired) electrons. The molecule has 2 aromatic carbocycles. The number of rotatable bonds is 3. The molecule has 0 bridgehead atoms. The largest absolute Gasteiger partial charge is 0.492 e. The molecule has 0 aliphatic carbocycles. The Bertz CT molecular complexity index is 773. The number of anilines is 1. The van der Waals surface area contributed by atoms with Gasteiger partial charge in [-0.05, 0) is 31.0 Å². The Balaban J connectivity index is 1.76. The molecular weight excluding hydrogens is 296 g/mol. The van der Waals surface area contributed by atoms with E-state index in [4.69, 9.17) is 4.74 Å².